The van der Waals surface area contributed by atoms with E-state index in [1.54, 1.807) is 0 Å². The van der Waals surface area contributed by atoms with Gasteiger partial charge in [-0.2, -0.15) is 0 Å². The minimum atomic E-state index is -4.08. The van der Waals surface area contributed by atoms with E-state index in [4.69, 9.17) is 32.1 Å². The Morgan fingerprint density at radius 3 is 0.562 bits per heavy atom. The first kappa shape index (κ1) is 43.5. The van der Waals surface area contributed by atoms with Crippen LogP contribution in [-0.2, 0) is 65.8 Å². The molecule has 0 amide bonds. The fraction of sp³-hybridized carbons (Fsp3) is 0. The first-order chi connectivity index (χ1) is 5.20. The van der Waals surface area contributed by atoms with E-state index >= 15 is 0 Å². The van der Waals surface area contributed by atoms with Gasteiger partial charge in [-0.15, -0.1) is 0 Å². The fourth-order valence-corrected chi connectivity index (χ4v) is 0. The van der Waals surface area contributed by atoms with Gasteiger partial charge in [-0.3, -0.25) is 0 Å². The van der Waals surface area contributed by atoms with Gasteiger partial charge in [0, 0.05) is 0 Å². The van der Waals surface area contributed by atoms with Gasteiger partial charge in [0.15, 0.2) is 0 Å². The van der Waals surface area contributed by atoms with E-state index in [1.165, 1.54) is 0 Å². The Hall–Kier alpha value is 7.15. The summed E-state index contributed by atoms with van der Waals surface area (Å²) in [6, 6.07) is 0. The molecule has 16 heavy (non-hydrogen) atoms. The molecule has 0 bridgehead atoms. The van der Waals surface area contributed by atoms with Crippen LogP contribution in [0.3, 0.4) is 0 Å². The quantitative estimate of drug-likeness (QED) is 0.213. The molecule has 0 N–H and O–H groups in total. The van der Waals surface area contributed by atoms with Crippen molar-refractivity contribution in [2.24, 2.45) is 0 Å². The van der Waals surface area contributed by atoms with Crippen molar-refractivity contribution in [2.75, 3.05) is 0 Å². The summed E-state index contributed by atoms with van der Waals surface area (Å²) in [6.45, 7) is 0. The summed E-state index contributed by atoms with van der Waals surface area (Å²) in [6.07, 6.45) is 0. The van der Waals surface area contributed by atoms with Gasteiger partial charge < -0.3 is 5.71 Å². The molecule has 0 aliphatic carbocycles. The van der Waals surface area contributed by atoms with Gasteiger partial charge in [0.1, 0.15) is 0 Å². The zero-order chi connectivity index (χ0) is 10.7. The van der Waals surface area contributed by atoms with E-state index in [-0.39, 0.29) is 185 Å². The van der Waals surface area contributed by atoms with Gasteiger partial charge in [-0.25, -0.2) is 0 Å². The summed E-state index contributed by atoms with van der Waals surface area (Å²) in [5, 5.41) is 0. The zero-order valence-electron chi connectivity index (χ0n) is 11.6. The third-order valence-corrected chi connectivity index (χ3v) is 0. The van der Waals surface area contributed by atoms with E-state index in [1.807, 2.05) is 0 Å². The second-order valence-corrected chi connectivity index (χ2v) is 3.09. The molecule has 0 fully saturated rings. The molecule has 0 aromatic carbocycles. The van der Waals surface area contributed by atoms with Crippen LogP contribution in [0.4, 0.5) is 0 Å². The van der Waals surface area contributed by atoms with Crippen LogP contribution in [0, 0.1) is 81.7 Å². The molecular formula is H4Ba2Nd2O9Ti3. The standard InChI is InChI=1S/2Ba.2Nd.9O.3Ti.4H/q2*+2;2*+3;;;;6*-1;;;;4*-1. The molecule has 0 saturated heterocycles. The van der Waals surface area contributed by atoms with E-state index in [2.05, 4.69) is 0 Å². The van der Waals surface area contributed by atoms with Crippen molar-refractivity contribution in [3.63, 3.8) is 0 Å². The molecule has 0 unspecified atom stereocenters. The molecule has 9 nitrogen and oxygen atoms in total. The summed E-state index contributed by atoms with van der Waals surface area (Å²) in [5.41, 5.74) is 0. The first-order valence-corrected chi connectivity index (χ1v) is 7.57. The Labute approximate surface area is 264 Å². The molecule has 0 rings (SSSR count). The Balaban J connectivity index is -0.00000000562. The van der Waals surface area contributed by atoms with E-state index in [0.29, 0.717) is 0 Å². The Morgan fingerprint density at radius 2 is 0.562 bits per heavy atom. The predicted molar refractivity (Wildman–Crippen MR) is 18.0 cm³/mol. The van der Waals surface area contributed by atoms with Crippen LogP contribution in [0.1, 0.15) is 5.71 Å². The molecule has 0 aromatic heterocycles. The number of hydrogen-bond donors (Lipinski definition) is 0. The third kappa shape index (κ3) is 168. The minimum absolute atomic E-state index is 0. The average Bonchev–Trinajstić information content (AvgIpc) is 1.54. The number of hydrogen-bond acceptors (Lipinski definition) is 9. The molecule has 0 atom stereocenters. The summed E-state index contributed by atoms with van der Waals surface area (Å²) >= 11 is -12.2. The van der Waals surface area contributed by atoms with Crippen LogP contribution in [0.5, 0.6) is 0 Å². The summed E-state index contributed by atoms with van der Waals surface area (Å²) in [5.74, 6) is 0. The molecule has 0 aliphatic rings. The molecule has 82 valence electrons. The molecule has 0 aromatic rings. The summed E-state index contributed by atoms with van der Waals surface area (Å²) in [4.78, 5) is 0. The SMILES string of the molecule is [Ba+2].[Ba+2].[H-].[H-].[H-].[H-].[Nd+3].[Nd+3].[O]=[Ti]([O-])[O-].[O]=[Ti]([O-])[O-].[O]=[Ti]([O-])[O-]. The number of rotatable bonds is 0. The van der Waals surface area contributed by atoms with E-state index in [9.17, 15) is 0 Å². The topological polar surface area (TPSA) is 190 Å². The molecule has 0 saturated carbocycles. The van der Waals surface area contributed by atoms with E-state index in [0.717, 1.165) is 0 Å². The Morgan fingerprint density at radius 1 is 0.562 bits per heavy atom. The molecule has 0 aliphatic heterocycles. The maximum absolute atomic E-state index is 8.58. The van der Waals surface area contributed by atoms with Crippen LogP contribution in [-0.4, -0.2) is 97.8 Å². The second-order valence-electron chi connectivity index (χ2n) is 0.750. The predicted octanol–water partition coefficient (Wildman–Crippen LogP) is -7.81. The Kier molecular flexibility index (Phi) is 103. The second kappa shape index (κ2) is 38.0. The van der Waals surface area contributed by atoms with Crippen molar-refractivity contribution >= 4 is 97.8 Å². The van der Waals surface area contributed by atoms with E-state index < -0.39 is 55.8 Å². The molecule has 0 spiro atoms. The normalized spacial score (nSPS) is 4.88. The van der Waals surface area contributed by atoms with Crippen LogP contribution < -0.4 is 22.1 Å². The monoisotopic (exact) mass is 851 g/mol. The molecule has 2 radical (unpaired) electrons. The molecule has 0 heterocycles. The fourth-order valence-electron chi connectivity index (χ4n) is 0. The van der Waals surface area contributed by atoms with Crippen LogP contribution in [0.25, 0.3) is 0 Å². The van der Waals surface area contributed by atoms with Crippen molar-refractivity contribution in [2.45, 2.75) is 0 Å². The Bertz CT molecular complexity index is 139. The maximum atomic E-state index is 8.58. The van der Waals surface area contributed by atoms with Gasteiger partial charge in [0.05, 0.1) is 0 Å². The van der Waals surface area contributed by atoms with Gasteiger partial charge >= 0.3 is 267 Å². The molecule has 16 heteroatoms. The van der Waals surface area contributed by atoms with Crippen molar-refractivity contribution in [3.8, 4) is 0 Å². The average molecular weight is 855 g/mol. The van der Waals surface area contributed by atoms with Crippen molar-refractivity contribution in [1.29, 1.82) is 0 Å². The third-order valence-electron chi connectivity index (χ3n) is 0. The first-order valence-electron chi connectivity index (χ1n) is 1.84. The van der Waals surface area contributed by atoms with Gasteiger partial charge in [0.25, 0.3) is 0 Å². The molecular weight excluding hydrogens is 851 g/mol. The van der Waals surface area contributed by atoms with Crippen LogP contribution in [0.2, 0.25) is 0 Å². The zero-order valence-corrected chi connectivity index (χ0v) is 27.6. The van der Waals surface area contributed by atoms with Gasteiger partial charge in [-0.1, -0.05) is 0 Å². The van der Waals surface area contributed by atoms with Gasteiger partial charge in [-0.05, 0) is 0 Å². The van der Waals surface area contributed by atoms with Crippen LogP contribution >= 0.6 is 0 Å². The van der Waals surface area contributed by atoms with Crippen molar-refractivity contribution < 1.29 is 175 Å². The van der Waals surface area contributed by atoms with Crippen molar-refractivity contribution in [3.05, 3.63) is 0 Å². The van der Waals surface area contributed by atoms with Crippen molar-refractivity contribution in [1.82, 2.24) is 0 Å². The van der Waals surface area contributed by atoms with Gasteiger partial charge in [0.2, 0.25) is 0 Å². The summed E-state index contributed by atoms with van der Waals surface area (Å²) in [7, 11) is 0. The summed E-state index contributed by atoms with van der Waals surface area (Å²) < 4.78 is 77.2. The van der Waals surface area contributed by atoms with Crippen LogP contribution in [0.15, 0.2) is 0 Å².